The summed E-state index contributed by atoms with van der Waals surface area (Å²) in [6, 6.07) is 14.1. The maximum absolute atomic E-state index is 12.7. The molecule has 0 saturated carbocycles. The molecule has 1 aromatic heterocycles. The van der Waals surface area contributed by atoms with Crippen molar-refractivity contribution in [3.05, 3.63) is 71.4 Å². The smallest absolute Gasteiger partial charge is 0.370 e. The molecule has 2 aromatic carbocycles. The van der Waals surface area contributed by atoms with Gasteiger partial charge in [-0.05, 0) is 29.8 Å². The zero-order valence-corrected chi connectivity index (χ0v) is 15.8. The summed E-state index contributed by atoms with van der Waals surface area (Å²) in [7, 11) is 0. The van der Waals surface area contributed by atoms with Crippen molar-refractivity contribution in [1.82, 2.24) is 20.3 Å². The molecule has 2 atom stereocenters. The molecule has 2 heterocycles. The van der Waals surface area contributed by atoms with Crippen LogP contribution in [0.25, 0.3) is 11.3 Å². The van der Waals surface area contributed by atoms with Crippen molar-refractivity contribution in [2.24, 2.45) is 0 Å². The molecule has 0 amide bonds. The maximum Gasteiger partial charge on any atom is 0.416 e. The summed E-state index contributed by atoms with van der Waals surface area (Å²) in [5.74, 6) is 0. The molecule has 0 radical (unpaired) electrons. The van der Waals surface area contributed by atoms with E-state index in [4.69, 9.17) is 10.00 Å². The zero-order valence-electron chi connectivity index (χ0n) is 15.8. The Labute approximate surface area is 170 Å². The SMILES string of the molecule is N#Cc1cccc(-c2cn(C3CNCC3OCc3ccc(C(F)(F)F)cc3)nn2)c1. The van der Waals surface area contributed by atoms with Crippen LogP contribution in [0.3, 0.4) is 0 Å². The Kier molecular flexibility index (Phi) is 5.53. The number of rotatable bonds is 5. The summed E-state index contributed by atoms with van der Waals surface area (Å²) < 4.78 is 45.7. The van der Waals surface area contributed by atoms with Gasteiger partial charge < -0.3 is 10.1 Å². The van der Waals surface area contributed by atoms with Gasteiger partial charge in [0.25, 0.3) is 0 Å². The van der Waals surface area contributed by atoms with Gasteiger partial charge in [-0.3, -0.25) is 0 Å². The fourth-order valence-electron chi connectivity index (χ4n) is 3.39. The minimum atomic E-state index is -4.35. The molecule has 1 fully saturated rings. The van der Waals surface area contributed by atoms with E-state index >= 15 is 0 Å². The lowest BCUT2D eigenvalue weighted by Crippen LogP contribution is -2.26. The van der Waals surface area contributed by atoms with Gasteiger partial charge in [-0.2, -0.15) is 18.4 Å². The van der Waals surface area contributed by atoms with Crippen molar-refractivity contribution in [1.29, 1.82) is 5.26 Å². The minimum Gasteiger partial charge on any atom is -0.370 e. The van der Waals surface area contributed by atoms with Gasteiger partial charge in [0.05, 0.1) is 42.1 Å². The molecule has 1 N–H and O–H groups in total. The molecule has 154 valence electrons. The molecule has 0 bridgehead atoms. The first-order valence-corrected chi connectivity index (χ1v) is 9.35. The average molecular weight is 413 g/mol. The predicted octanol–water partition coefficient (Wildman–Crippen LogP) is 3.57. The summed E-state index contributed by atoms with van der Waals surface area (Å²) in [5, 5.41) is 20.7. The van der Waals surface area contributed by atoms with Gasteiger partial charge in [0.2, 0.25) is 0 Å². The van der Waals surface area contributed by atoms with Crippen LogP contribution in [0.15, 0.2) is 54.7 Å². The first kappa shape index (κ1) is 20.1. The lowest BCUT2D eigenvalue weighted by Gasteiger charge is -2.19. The van der Waals surface area contributed by atoms with Crippen LogP contribution in [0.5, 0.6) is 0 Å². The van der Waals surface area contributed by atoms with Crippen LogP contribution >= 0.6 is 0 Å². The summed E-state index contributed by atoms with van der Waals surface area (Å²) in [6.45, 7) is 1.44. The number of nitrogens with zero attached hydrogens (tertiary/aromatic N) is 4. The number of alkyl halides is 3. The van der Waals surface area contributed by atoms with Crippen molar-refractivity contribution < 1.29 is 17.9 Å². The number of hydrogen-bond donors (Lipinski definition) is 1. The van der Waals surface area contributed by atoms with E-state index in [1.54, 1.807) is 22.9 Å². The summed E-state index contributed by atoms with van der Waals surface area (Å²) in [6.07, 6.45) is -2.74. The summed E-state index contributed by atoms with van der Waals surface area (Å²) >= 11 is 0. The Bertz CT molecular complexity index is 1060. The third-order valence-corrected chi connectivity index (χ3v) is 5.01. The van der Waals surface area contributed by atoms with E-state index < -0.39 is 11.7 Å². The van der Waals surface area contributed by atoms with Crippen LogP contribution in [0.1, 0.15) is 22.7 Å². The van der Waals surface area contributed by atoms with Crippen LogP contribution in [0, 0.1) is 11.3 Å². The Hall–Kier alpha value is -3.22. The summed E-state index contributed by atoms with van der Waals surface area (Å²) in [4.78, 5) is 0. The highest BCUT2D eigenvalue weighted by atomic mass is 19.4. The Morgan fingerprint density at radius 1 is 1.17 bits per heavy atom. The van der Waals surface area contributed by atoms with E-state index in [1.165, 1.54) is 12.1 Å². The number of nitrogens with one attached hydrogen (secondary N) is 1. The van der Waals surface area contributed by atoms with Crippen molar-refractivity contribution in [3.63, 3.8) is 0 Å². The number of aromatic nitrogens is 3. The van der Waals surface area contributed by atoms with Gasteiger partial charge in [-0.1, -0.05) is 29.5 Å². The Balaban J connectivity index is 1.43. The molecule has 6 nitrogen and oxygen atoms in total. The highest BCUT2D eigenvalue weighted by molar-refractivity contribution is 5.60. The van der Waals surface area contributed by atoms with E-state index in [0.717, 1.165) is 17.7 Å². The van der Waals surface area contributed by atoms with E-state index in [2.05, 4.69) is 21.7 Å². The van der Waals surface area contributed by atoms with Crippen molar-refractivity contribution in [2.75, 3.05) is 13.1 Å². The lowest BCUT2D eigenvalue weighted by molar-refractivity contribution is -0.137. The van der Waals surface area contributed by atoms with Crippen LogP contribution in [-0.4, -0.2) is 34.2 Å². The van der Waals surface area contributed by atoms with Gasteiger partial charge in [-0.25, -0.2) is 4.68 Å². The molecule has 4 rings (SSSR count). The van der Waals surface area contributed by atoms with Gasteiger partial charge in [0.15, 0.2) is 0 Å². The molecule has 0 aliphatic carbocycles. The summed E-state index contributed by atoms with van der Waals surface area (Å²) in [5.41, 5.74) is 1.99. The number of benzene rings is 2. The lowest BCUT2D eigenvalue weighted by atomic mass is 10.1. The Morgan fingerprint density at radius 3 is 2.70 bits per heavy atom. The fraction of sp³-hybridized carbons (Fsp3) is 0.286. The molecule has 30 heavy (non-hydrogen) atoms. The quantitative estimate of drug-likeness (QED) is 0.692. The minimum absolute atomic E-state index is 0.0974. The van der Waals surface area contributed by atoms with Crippen LogP contribution in [0.2, 0.25) is 0 Å². The predicted molar refractivity (Wildman–Crippen MR) is 102 cm³/mol. The standard InChI is InChI=1S/C21H18F3N5O/c22-21(23,24)17-6-4-14(5-7-17)13-30-20-11-26-10-19(20)29-12-18(27-28-29)16-3-1-2-15(8-16)9-25/h1-8,12,19-20,26H,10-11,13H2. The molecule has 1 aliphatic rings. The molecular weight excluding hydrogens is 395 g/mol. The van der Waals surface area contributed by atoms with Crippen molar-refractivity contribution in [2.45, 2.75) is 24.9 Å². The number of halogens is 3. The van der Waals surface area contributed by atoms with Crippen LogP contribution in [0.4, 0.5) is 13.2 Å². The van der Waals surface area contributed by atoms with E-state index in [0.29, 0.717) is 29.9 Å². The maximum atomic E-state index is 12.7. The highest BCUT2D eigenvalue weighted by Gasteiger charge is 2.31. The van der Waals surface area contributed by atoms with Crippen LogP contribution < -0.4 is 5.32 Å². The average Bonchev–Trinajstić information content (AvgIpc) is 3.41. The molecular formula is C21H18F3N5O. The molecule has 3 aromatic rings. The second kappa shape index (κ2) is 8.26. The monoisotopic (exact) mass is 413 g/mol. The highest BCUT2D eigenvalue weighted by Crippen LogP contribution is 2.29. The van der Waals surface area contributed by atoms with Gasteiger partial charge in [-0.15, -0.1) is 5.10 Å². The molecule has 0 spiro atoms. The first-order valence-electron chi connectivity index (χ1n) is 9.35. The molecule has 2 unspecified atom stereocenters. The van der Waals surface area contributed by atoms with E-state index in [1.807, 2.05) is 12.3 Å². The van der Waals surface area contributed by atoms with E-state index in [-0.39, 0.29) is 18.8 Å². The van der Waals surface area contributed by atoms with Crippen LogP contribution in [-0.2, 0) is 17.5 Å². The second-order valence-electron chi connectivity index (χ2n) is 7.05. The third-order valence-electron chi connectivity index (χ3n) is 5.01. The molecule has 9 heteroatoms. The largest absolute Gasteiger partial charge is 0.416 e. The first-order chi connectivity index (χ1) is 14.4. The fourth-order valence-corrected chi connectivity index (χ4v) is 3.39. The zero-order chi connectivity index (χ0) is 21.1. The Morgan fingerprint density at radius 2 is 1.97 bits per heavy atom. The number of nitriles is 1. The second-order valence-corrected chi connectivity index (χ2v) is 7.05. The van der Waals surface area contributed by atoms with Crippen molar-refractivity contribution in [3.8, 4) is 17.3 Å². The third kappa shape index (κ3) is 4.35. The number of ether oxygens (including phenoxy) is 1. The number of hydrogen-bond acceptors (Lipinski definition) is 5. The van der Waals surface area contributed by atoms with Gasteiger partial charge in [0, 0.05) is 18.7 Å². The van der Waals surface area contributed by atoms with Gasteiger partial charge >= 0.3 is 6.18 Å². The molecule has 1 saturated heterocycles. The molecule has 1 aliphatic heterocycles. The topological polar surface area (TPSA) is 75.8 Å². The van der Waals surface area contributed by atoms with Gasteiger partial charge in [0.1, 0.15) is 5.69 Å². The van der Waals surface area contributed by atoms with Crippen molar-refractivity contribution >= 4 is 0 Å². The van der Waals surface area contributed by atoms with E-state index in [9.17, 15) is 13.2 Å². The normalized spacial score (nSPS) is 19.0.